The maximum Gasteiger partial charge on any atom is 0.416 e. The summed E-state index contributed by atoms with van der Waals surface area (Å²) in [6.45, 7) is 2.23. The summed E-state index contributed by atoms with van der Waals surface area (Å²) < 4.78 is 49.4. The van der Waals surface area contributed by atoms with Crippen molar-refractivity contribution in [1.29, 1.82) is 0 Å². The Morgan fingerprint density at radius 2 is 2.00 bits per heavy atom. The van der Waals surface area contributed by atoms with Crippen LogP contribution >= 0.6 is 12.4 Å². The summed E-state index contributed by atoms with van der Waals surface area (Å²) >= 11 is 0. The van der Waals surface area contributed by atoms with Gasteiger partial charge in [0.25, 0.3) is 0 Å². The molecular weight excluding hydrogens is 385 g/mol. The maximum atomic E-state index is 13.0. The molecule has 0 bridgehead atoms. The highest BCUT2D eigenvalue weighted by Gasteiger charge is 2.57. The summed E-state index contributed by atoms with van der Waals surface area (Å²) in [5.41, 5.74) is -0.759. The molecule has 2 fully saturated rings. The van der Waals surface area contributed by atoms with Gasteiger partial charge in [0.2, 0.25) is 5.91 Å². The summed E-state index contributed by atoms with van der Waals surface area (Å²) in [7, 11) is 1.50. The normalized spacial score (nSPS) is 20.7. The molecule has 1 saturated carbocycles. The Bertz CT molecular complexity index is 664. The Morgan fingerprint density at radius 1 is 1.30 bits per heavy atom. The first kappa shape index (κ1) is 21.8. The smallest absolute Gasteiger partial charge is 0.416 e. The van der Waals surface area contributed by atoms with Gasteiger partial charge in [0.15, 0.2) is 0 Å². The van der Waals surface area contributed by atoms with E-state index in [1.165, 1.54) is 13.2 Å². The van der Waals surface area contributed by atoms with Crippen LogP contribution in [0, 0.1) is 11.3 Å². The number of halogens is 4. The standard InChI is InChI=1S/C18H23F3N2O3.ClH/c1-25-8-9-26-15-3-2-12(18(19,20)21)10-14(15)23-16(24)13-11-17(13)4-6-22-7-5-17;/h2-3,10,13,22H,4-9,11H2,1H3,(H,23,24);1H. The Balaban J connectivity index is 0.00000261. The molecule has 3 rings (SSSR count). The highest BCUT2D eigenvalue weighted by atomic mass is 35.5. The van der Waals surface area contributed by atoms with E-state index in [2.05, 4.69) is 10.6 Å². The third-order valence-corrected chi connectivity index (χ3v) is 5.22. The molecule has 1 aromatic rings. The van der Waals surface area contributed by atoms with Crippen LogP contribution in [0.5, 0.6) is 5.75 Å². The lowest BCUT2D eigenvalue weighted by Crippen LogP contribution is -2.31. The maximum absolute atomic E-state index is 13.0. The van der Waals surface area contributed by atoms with Gasteiger partial charge in [0, 0.05) is 13.0 Å². The average Bonchev–Trinajstić information content (AvgIpc) is 3.29. The van der Waals surface area contributed by atoms with Crippen LogP contribution in [0.2, 0.25) is 0 Å². The number of alkyl halides is 3. The van der Waals surface area contributed by atoms with Crippen LogP contribution in [0.25, 0.3) is 0 Å². The van der Waals surface area contributed by atoms with Gasteiger partial charge in [-0.15, -0.1) is 12.4 Å². The van der Waals surface area contributed by atoms with Gasteiger partial charge < -0.3 is 20.1 Å². The first-order chi connectivity index (χ1) is 12.4. The predicted octanol–water partition coefficient (Wildman–Crippen LogP) is 3.48. The highest BCUT2D eigenvalue weighted by molar-refractivity contribution is 5.96. The van der Waals surface area contributed by atoms with Gasteiger partial charge in [-0.2, -0.15) is 13.2 Å². The van der Waals surface area contributed by atoms with Crippen molar-refractivity contribution >= 4 is 24.0 Å². The van der Waals surface area contributed by atoms with Crippen LogP contribution in [0.3, 0.4) is 0 Å². The minimum absolute atomic E-state index is 0. The fraction of sp³-hybridized carbons (Fsp3) is 0.611. The quantitative estimate of drug-likeness (QED) is 0.707. The number of hydrogen-bond acceptors (Lipinski definition) is 4. The van der Waals surface area contributed by atoms with Crippen molar-refractivity contribution in [2.45, 2.75) is 25.4 Å². The first-order valence-corrected chi connectivity index (χ1v) is 8.70. The van der Waals surface area contributed by atoms with E-state index in [-0.39, 0.29) is 47.7 Å². The molecule has 1 heterocycles. The lowest BCUT2D eigenvalue weighted by molar-refractivity contribution is -0.137. The van der Waals surface area contributed by atoms with Gasteiger partial charge in [-0.25, -0.2) is 0 Å². The summed E-state index contributed by atoms with van der Waals surface area (Å²) in [6.07, 6.45) is -1.85. The summed E-state index contributed by atoms with van der Waals surface area (Å²) in [5.74, 6) is -0.169. The van der Waals surface area contributed by atoms with Crippen LogP contribution in [0.1, 0.15) is 24.8 Å². The SMILES string of the molecule is COCCOc1ccc(C(F)(F)F)cc1NC(=O)C1CC12CCNCC2.Cl. The zero-order chi connectivity index (χ0) is 18.8. The van der Waals surface area contributed by atoms with Crippen molar-refractivity contribution in [3.05, 3.63) is 23.8 Å². The Labute approximate surface area is 162 Å². The number of rotatable bonds is 6. The van der Waals surface area contributed by atoms with E-state index < -0.39 is 11.7 Å². The van der Waals surface area contributed by atoms with E-state index in [1.54, 1.807) is 0 Å². The number of carbonyl (C=O) groups is 1. The molecule has 1 aliphatic heterocycles. The van der Waals surface area contributed by atoms with Crippen molar-refractivity contribution in [2.75, 3.05) is 38.7 Å². The number of amides is 1. The minimum atomic E-state index is -4.49. The molecule has 1 amide bonds. The molecule has 0 radical (unpaired) electrons. The van der Waals surface area contributed by atoms with Gasteiger partial charge in [-0.05, 0) is 56.0 Å². The van der Waals surface area contributed by atoms with E-state index in [0.717, 1.165) is 44.5 Å². The molecule has 152 valence electrons. The number of methoxy groups -OCH3 is 1. The van der Waals surface area contributed by atoms with Gasteiger partial charge in [-0.3, -0.25) is 4.79 Å². The molecule has 2 aliphatic rings. The number of hydrogen-bond donors (Lipinski definition) is 2. The largest absolute Gasteiger partial charge is 0.489 e. The lowest BCUT2D eigenvalue weighted by atomic mass is 9.92. The number of nitrogens with one attached hydrogen (secondary N) is 2. The third kappa shape index (κ3) is 5.06. The van der Waals surface area contributed by atoms with Gasteiger partial charge >= 0.3 is 6.18 Å². The first-order valence-electron chi connectivity index (χ1n) is 8.70. The van der Waals surface area contributed by atoms with Crippen molar-refractivity contribution < 1.29 is 27.4 Å². The second kappa shape index (κ2) is 8.67. The molecular formula is C18H24ClF3N2O3. The molecule has 2 N–H and O–H groups in total. The van der Waals surface area contributed by atoms with Crippen LogP contribution in [-0.4, -0.2) is 39.3 Å². The van der Waals surface area contributed by atoms with Gasteiger partial charge in [-0.1, -0.05) is 0 Å². The topological polar surface area (TPSA) is 59.6 Å². The average molecular weight is 409 g/mol. The Kier molecular flexibility index (Phi) is 6.99. The highest BCUT2D eigenvalue weighted by Crippen LogP contribution is 2.59. The number of piperidine rings is 1. The van der Waals surface area contributed by atoms with Crippen LogP contribution < -0.4 is 15.4 Å². The monoisotopic (exact) mass is 408 g/mol. The molecule has 5 nitrogen and oxygen atoms in total. The fourth-order valence-corrected chi connectivity index (χ4v) is 3.58. The number of ether oxygens (including phenoxy) is 2. The molecule has 27 heavy (non-hydrogen) atoms. The van der Waals surface area contributed by atoms with Crippen LogP contribution in [0.15, 0.2) is 18.2 Å². The molecule has 0 aromatic heterocycles. The zero-order valence-corrected chi connectivity index (χ0v) is 15.8. The molecule has 1 aromatic carbocycles. The van der Waals surface area contributed by atoms with Crippen LogP contribution in [0.4, 0.5) is 18.9 Å². The van der Waals surface area contributed by atoms with Crippen molar-refractivity contribution in [2.24, 2.45) is 11.3 Å². The number of benzene rings is 1. The van der Waals surface area contributed by atoms with Crippen molar-refractivity contribution in [3.63, 3.8) is 0 Å². The van der Waals surface area contributed by atoms with Crippen molar-refractivity contribution in [1.82, 2.24) is 5.32 Å². The Morgan fingerprint density at radius 3 is 2.63 bits per heavy atom. The summed E-state index contributed by atoms with van der Waals surface area (Å²) in [6, 6.07) is 3.11. The molecule has 1 aliphatic carbocycles. The fourth-order valence-electron chi connectivity index (χ4n) is 3.58. The number of carbonyl (C=O) groups excluding carboxylic acids is 1. The minimum Gasteiger partial charge on any atom is -0.489 e. The van der Waals surface area contributed by atoms with E-state index in [9.17, 15) is 18.0 Å². The lowest BCUT2D eigenvalue weighted by Gasteiger charge is -2.23. The zero-order valence-electron chi connectivity index (χ0n) is 15.0. The molecule has 1 unspecified atom stereocenters. The second-order valence-corrected chi connectivity index (χ2v) is 6.91. The van der Waals surface area contributed by atoms with E-state index in [0.29, 0.717) is 6.61 Å². The molecule has 1 saturated heterocycles. The number of anilines is 1. The molecule has 1 atom stereocenters. The molecule has 1 spiro atoms. The van der Waals surface area contributed by atoms with Gasteiger partial charge in [0.05, 0.1) is 17.9 Å². The second-order valence-electron chi connectivity index (χ2n) is 6.91. The van der Waals surface area contributed by atoms with E-state index in [4.69, 9.17) is 9.47 Å². The Hall–Kier alpha value is -1.51. The van der Waals surface area contributed by atoms with Crippen molar-refractivity contribution in [3.8, 4) is 5.75 Å². The predicted molar refractivity (Wildman–Crippen MR) is 97.3 cm³/mol. The summed E-state index contributed by atoms with van der Waals surface area (Å²) in [5, 5.41) is 5.92. The third-order valence-electron chi connectivity index (χ3n) is 5.22. The van der Waals surface area contributed by atoms with Crippen LogP contribution in [-0.2, 0) is 15.7 Å². The van der Waals surface area contributed by atoms with E-state index in [1.807, 2.05) is 0 Å². The molecule has 9 heteroatoms. The summed E-state index contributed by atoms with van der Waals surface area (Å²) in [4.78, 5) is 12.6. The van der Waals surface area contributed by atoms with Gasteiger partial charge in [0.1, 0.15) is 12.4 Å². The van der Waals surface area contributed by atoms with E-state index >= 15 is 0 Å².